The molecule has 0 N–H and O–H groups in total. The van der Waals surface area contributed by atoms with Gasteiger partial charge in [-0.05, 0) is 35.7 Å². The second kappa shape index (κ2) is 10.5. The molecule has 0 aromatic heterocycles. The fraction of sp³-hybridized carbons (Fsp3) is 0.296. The highest BCUT2D eigenvalue weighted by Crippen LogP contribution is 2.38. The van der Waals surface area contributed by atoms with Crippen LogP contribution in [0.25, 0.3) is 0 Å². The normalized spacial score (nSPS) is 13.1. The van der Waals surface area contributed by atoms with Crippen LogP contribution in [0.2, 0.25) is 0 Å². The number of hydrogen-bond acceptors (Lipinski definition) is 1. The van der Waals surface area contributed by atoms with Gasteiger partial charge in [0.15, 0.2) is 0 Å². The number of carbonyl (C=O) groups excluding carboxylic acids is 1. The number of rotatable bonds is 7. The number of likely N-dealkylation sites (N-methyl/N-ethyl adjacent to an activating group) is 1. The van der Waals surface area contributed by atoms with Crippen LogP contribution >= 0.6 is 0 Å². The number of halogens is 6. The Morgan fingerprint density at radius 1 is 0.771 bits per heavy atom. The van der Waals surface area contributed by atoms with Crippen molar-refractivity contribution in [2.45, 2.75) is 44.1 Å². The molecule has 3 aromatic rings. The van der Waals surface area contributed by atoms with Crippen LogP contribution in [0.3, 0.4) is 0 Å². The smallest absolute Gasteiger partial charge is 0.338 e. The van der Waals surface area contributed by atoms with E-state index >= 15 is 0 Å². The molecular weight excluding hydrogens is 468 g/mol. The molecule has 2 nitrogen and oxygen atoms in total. The zero-order valence-electron chi connectivity index (χ0n) is 19.2. The van der Waals surface area contributed by atoms with E-state index in [0.29, 0.717) is 25.0 Å². The molecule has 3 aromatic carbocycles. The molecule has 0 aliphatic rings. The first kappa shape index (κ1) is 26.3. The lowest BCUT2D eigenvalue weighted by Crippen LogP contribution is -2.41. The van der Waals surface area contributed by atoms with E-state index in [0.717, 1.165) is 11.1 Å². The summed E-state index contributed by atoms with van der Waals surface area (Å²) in [5.74, 6) is -1.24. The lowest BCUT2D eigenvalue weighted by molar-refractivity contribution is -0.143. The van der Waals surface area contributed by atoms with Gasteiger partial charge >= 0.3 is 12.4 Å². The molecule has 0 heterocycles. The quantitative estimate of drug-likeness (QED) is 0.308. The third-order valence-corrected chi connectivity index (χ3v) is 5.94. The first-order chi connectivity index (χ1) is 16.4. The molecule has 1 atom stereocenters. The van der Waals surface area contributed by atoms with Crippen LogP contribution in [0.15, 0.2) is 78.9 Å². The summed E-state index contributed by atoms with van der Waals surface area (Å²) in [5, 5.41) is 0. The number of benzene rings is 3. The highest BCUT2D eigenvalue weighted by molar-refractivity contribution is 5.95. The first-order valence-electron chi connectivity index (χ1n) is 11.1. The fourth-order valence-corrected chi connectivity index (χ4v) is 4.27. The van der Waals surface area contributed by atoms with Crippen LogP contribution < -0.4 is 0 Å². The zero-order chi connectivity index (χ0) is 25.8. The summed E-state index contributed by atoms with van der Waals surface area (Å²) in [5.41, 5.74) is -1.91. The molecule has 0 saturated heterocycles. The van der Waals surface area contributed by atoms with Crippen molar-refractivity contribution in [3.8, 4) is 0 Å². The van der Waals surface area contributed by atoms with Crippen molar-refractivity contribution in [3.05, 3.63) is 107 Å². The first-order valence-corrected chi connectivity index (χ1v) is 11.1. The van der Waals surface area contributed by atoms with Crippen molar-refractivity contribution in [3.63, 3.8) is 0 Å². The maximum absolute atomic E-state index is 13.4. The van der Waals surface area contributed by atoms with Gasteiger partial charge in [-0.25, -0.2) is 0 Å². The van der Waals surface area contributed by atoms with E-state index in [4.69, 9.17) is 0 Å². The number of alkyl halides is 6. The van der Waals surface area contributed by atoms with Gasteiger partial charge in [-0.1, -0.05) is 74.0 Å². The average Bonchev–Trinajstić information content (AvgIpc) is 2.83. The van der Waals surface area contributed by atoms with Crippen molar-refractivity contribution in [2.24, 2.45) is 0 Å². The third-order valence-electron chi connectivity index (χ3n) is 5.94. The maximum atomic E-state index is 13.4. The van der Waals surface area contributed by atoms with Gasteiger partial charge in [0, 0.05) is 24.6 Å². The topological polar surface area (TPSA) is 20.3 Å². The van der Waals surface area contributed by atoms with Gasteiger partial charge in [-0.2, -0.15) is 26.3 Å². The van der Waals surface area contributed by atoms with Crippen molar-refractivity contribution in [2.75, 3.05) is 7.05 Å². The van der Waals surface area contributed by atoms with Gasteiger partial charge in [0.05, 0.1) is 11.1 Å². The summed E-state index contributed by atoms with van der Waals surface area (Å²) in [6, 6.07) is 19.1. The molecule has 0 saturated carbocycles. The molecular formula is C27H25F6NO. The summed E-state index contributed by atoms with van der Waals surface area (Å²) in [4.78, 5) is 14.6. The monoisotopic (exact) mass is 493 g/mol. The standard InChI is InChI=1S/C27H25F6NO/c1-3-10-23(24(18-11-6-4-7-12-18)19-13-8-5-9-14-19)34(2)25(35)20-15-21(26(28,29)30)17-22(16-20)27(31,32)33/h4-9,11-17,23-24H,3,10H2,1-2H3. The number of hydrogen-bond donors (Lipinski definition) is 0. The van der Waals surface area contributed by atoms with E-state index in [1.54, 1.807) is 0 Å². The minimum Gasteiger partial charge on any atom is -0.338 e. The Morgan fingerprint density at radius 3 is 1.57 bits per heavy atom. The maximum Gasteiger partial charge on any atom is 0.416 e. The SMILES string of the molecule is CCCC(C(c1ccccc1)c1ccccc1)N(C)C(=O)c1cc(C(F)(F)F)cc(C(F)(F)F)c1. The lowest BCUT2D eigenvalue weighted by atomic mass is 9.82. The van der Waals surface area contributed by atoms with Gasteiger partial charge in [0.1, 0.15) is 0 Å². The van der Waals surface area contributed by atoms with Gasteiger partial charge < -0.3 is 4.90 Å². The van der Waals surface area contributed by atoms with E-state index in [-0.39, 0.29) is 12.0 Å². The molecule has 0 fully saturated rings. The van der Waals surface area contributed by atoms with Gasteiger partial charge in [-0.3, -0.25) is 4.79 Å². The summed E-state index contributed by atoms with van der Waals surface area (Å²) >= 11 is 0. The summed E-state index contributed by atoms with van der Waals surface area (Å²) < 4.78 is 80.2. The molecule has 1 unspecified atom stereocenters. The second-order valence-corrected chi connectivity index (χ2v) is 8.37. The Balaban J connectivity index is 2.10. The van der Waals surface area contributed by atoms with E-state index in [9.17, 15) is 31.1 Å². The molecule has 186 valence electrons. The lowest BCUT2D eigenvalue weighted by Gasteiger charge is -2.36. The molecule has 35 heavy (non-hydrogen) atoms. The minimum atomic E-state index is -5.03. The van der Waals surface area contributed by atoms with Crippen LogP contribution in [-0.2, 0) is 12.4 Å². The van der Waals surface area contributed by atoms with Crippen LogP contribution in [0, 0.1) is 0 Å². The Kier molecular flexibility index (Phi) is 7.93. The molecule has 0 bridgehead atoms. The Hall–Kier alpha value is -3.29. The Bertz CT molecular complexity index is 1050. The van der Waals surface area contributed by atoms with Gasteiger partial charge in [0.2, 0.25) is 0 Å². The molecule has 0 aliphatic carbocycles. The third kappa shape index (κ3) is 6.24. The molecule has 0 spiro atoms. The summed E-state index contributed by atoms with van der Waals surface area (Å²) in [6.07, 6.45) is -8.93. The van der Waals surface area contributed by atoms with Crippen molar-refractivity contribution in [1.29, 1.82) is 0 Å². The minimum absolute atomic E-state index is 0.0248. The van der Waals surface area contributed by atoms with Crippen LogP contribution in [-0.4, -0.2) is 23.9 Å². The number of amides is 1. The predicted molar refractivity (Wildman–Crippen MR) is 122 cm³/mol. The van der Waals surface area contributed by atoms with E-state index in [2.05, 4.69) is 0 Å². The molecule has 8 heteroatoms. The molecule has 1 amide bonds. The summed E-state index contributed by atoms with van der Waals surface area (Å²) in [6.45, 7) is 1.91. The van der Waals surface area contributed by atoms with Crippen molar-refractivity contribution in [1.82, 2.24) is 4.90 Å². The highest BCUT2D eigenvalue weighted by atomic mass is 19.4. The van der Waals surface area contributed by atoms with Crippen molar-refractivity contribution >= 4 is 5.91 Å². The molecule has 0 radical (unpaired) electrons. The van der Waals surface area contributed by atoms with Crippen molar-refractivity contribution < 1.29 is 31.1 Å². The van der Waals surface area contributed by atoms with Gasteiger partial charge in [-0.15, -0.1) is 0 Å². The molecule has 3 rings (SSSR count). The van der Waals surface area contributed by atoms with E-state index in [1.165, 1.54) is 11.9 Å². The number of carbonyl (C=O) groups is 1. The van der Waals surface area contributed by atoms with Crippen LogP contribution in [0.4, 0.5) is 26.3 Å². The fourth-order valence-electron chi connectivity index (χ4n) is 4.27. The van der Waals surface area contributed by atoms with Crippen LogP contribution in [0.5, 0.6) is 0 Å². The molecule has 0 aliphatic heterocycles. The highest BCUT2D eigenvalue weighted by Gasteiger charge is 2.38. The van der Waals surface area contributed by atoms with Gasteiger partial charge in [0.25, 0.3) is 5.91 Å². The Morgan fingerprint density at radius 2 is 1.20 bits per heavy atom. The number of nitrogens with zero attached hydrogens (tertiary/aromatic N) is 1. The second-order valence-electron chi connectivity index (χ2n) is 8.37. The van der Waals surface area contributed by atoms with Crippen LogP contribution in [0.1, 0.15) is 58.3 Å². The van der Waals surface area contributed by atoms with E-state index in [1.807, 2.05) is 67.6 Å². The largest absolute Gasteiger partial charge is 0.416 e. The Labute approximate surface area is 200 Å². The average molecular weight is 493 g/mol. The summed E-state index contributed by atoms with van der Waals surface area (Å²) in [7, 11) is 1.43. The van der Waals surface area contributed by atoms with E-state index < -0.39 is 41.0 Å². The predicted octanol–water partition coefficient (Wildman–Crippen LogP) is 7.80. The zero-order valence-corrected chi connectivity index (χ0v) is 19.2.